The number of nitrogens with zero attached hydrogens (tertiary/aromatic N) is 1. The van der Waals surface area contributed by atoms with Gasteiger partial charge in [-0.3, -0.25) is 4.90 Å². The number of carbonyl (C=O) groups excluding carboxylic acids is 1. The lowest BCUT2D eigenvalue weighted by molar-refractivity contribution is 0.0498. The second-order valence-electron chi connectivity index (χ2n) is 7.08. The van der Waals surface area contributed by atoms with Crippen LogP contribution in [-0.2, 0) is 4.74 Å². The minimum Gasteiger partial charge on any atom is -0.468 e. The molecule has 2 unspecified atom stereocenters. The number of amides is 1. The molecule has 1 amide bonds. The number of nitrogens with one attached hydrogen (secondary N) is 1. The van der Waals surface area contributed by atoms with E-state index in [1.807, 2.05) is 32.9 Å². The molecule has 0 spiro atoms. The van der Waals surface area contributed by atoms with Gasteiger partial charge in [0.15, 0.2) is 0 Å². The van der Waals surface area contributed by atoms with Crippen molar-refractivity contribution in [1.29, 1.82) is 0 Å². The maximum absolute atomic E-state index is 11.7. The van der Waals surface area contributed by atoms with Crippen molar-refractivity contribution in [2.24, 2.45) is 5.92 Å². The summed E-state index contributed by atoms with van der Waals surface area (Å²) in [4.78, 5) is 14.2. The van der Waals surface area contributed by atoms with Crippen molar-refractivity contribution >= 4 is 6.09 Å². The third kappa shape index (κ3) is 5.05. The fourth-order valence-corrected chi connectivity index (χ4v) is 2.87. The van der Waals surface area contributed by atoms with Crippen molar-refractivity contribution in [3.63, 3.8) is 0 Å². The zero-order valence-corrected chi connectivity index (χ0v) is 14.1. The molecule has 1 aliphatic heterocycles. The summed E-state index contributed by atoms with van der Waals surface area (Å²) < 4.78 is 10.8. The molecular weight excluding hydrogens is 280 g/mol. The number of hydrogen-bond acceptors (Lipinski definition) is 4. The summed E-state index contributed by atoms with van der Waals surface area (Å²) in [6.45, 7) is 10.5. The zero-order chi connectivity index (χ0) is 16.2. The lowest BCUT2D eigenvalue weighted by atomic mass is 9.96. The Morgan fingerprint density at radius 3 is 2.95 bits per heavy atom. The fraction of sp³-hybridized carbons (Fsp3) is 0.706. The predicted octanol–water partition coefficient (Wildman–Crippen LogP) is 3.58. The van der Waals surface area contributed by atoms with Gasteiger partial charge in [0.2, 0.25) is 0 Å². The first-order chi connectivity index (χ1) is 10.3. The van der Waals surface area contributed by atoms with Gasteiger partial charge < -0.3 is 14.5 Å². The summed E-state index contributed by atoms with van der Waals surface area (Å²) >= 11 is 0. The Morgan fingerprint density at radius 1 is 1.55 bits per heavy atom. The van der Waals surface area contributed by atoms with Crippen LogP contribution in [0.4, 0.5) is 4.79 Å². The molecule has 0 bridgehead atoms. The highest BCUT2D eigenvalue weighted by Crippen LogP contribution is 2.26. The van der Waals surface area contributed by atoms with Gasteiger partial charge in [-0.2, -0.15) is 0 Å². The van der Waals surface area contributed by atoms with Gasteiger partial charge in [-0.1, -0.05) is 0 Å². The molecule has 1 fully saturated rings. The molecule has 5 heteroatoms. The zero-order valence-electron chi connectivity index (χ0n) is 14.1. The van der Waals surface area contributed by atoms with E-state index in [2.05, 4.69) is 17.1 Å². The SMILES string of the molecule is CC(c1ccco1)N1CCCC(CNC(=O)OC(C)(C)C)C1. The van der Waals surface area contributed by atoms with E-state index in [4.69, 9.17) is 9.15 Å². The molecule has 124 valence electrons. The Kier molecular flexibility index (Phi) is 5.51. The van der Waals surface area contributed by atoms with Gasteiger partial charge in [-0.15, -0.1) is 0 Å². The number of alkyl carbamates (subject to hydrolysis) is 1. The average molecular weight is 308 g/mol. The van der Waals surface area contributed by atoms with Crippen LogP contribution in [-0.4, -0.2) is 36.2 Å². The second kappa shape index (κ2) is 7.18. The molecule has 2 rings (SSSR count). The van der Waals surface area contributed by atoms with Gasteiger partial charge in [-0.05, 0) is 65.1 Å². The van der Waals surface area contributed by atoms with Crippen LogP contribution in [0.25, 0.3) is 0 Å². The maximum atomic E-state index is 11.7. The number of carbonyl (C=O) groups is 1. The van der Waals surface area contributed by atoms with E-state index < -0.39 is 5.60 Å². The first-order valence-corrected chi connectivity index (χ1v) is 8.09. The molecule has 1 N–H and O–H groups in total. The average Bonchev–Trinajstić information content (AvgIpc) is 2.97. The van der Waals surface area contributed by atoms with Gasteiger partial charge >= 0.3 is 6.09 Å². The molecular formula is C17H28N2O3. The van der Waals surface area contributed by atoms with E-state index in [0.29, 0.717) is 12.5 Å². The standard InChI is InChI=1S/C17H28N2O3/c1-13(15-8-6-10-21-15)19-9-5-7-14(12-19)11-18-16(20)22-17(2,3)4/h6,8,10,13-14H,5,7,9,11-12H2,1-4H3,(H,18,20). The Morgan fingerprint density at radius 2 is 2.32 bits per heavy atom. The number of furan rings is 1. The summed E-state index contributed by atoms with van der Waals surface area (Å²) in [6, 6.07) is 4.23. The van der Waals surface area contributed by atoms with Gasteiger partial charge in [0, 0.05) is 13.1 Å². The van der Waals surface area contributed by atoms with Crippen molar-refractivity contribution in [3.05, 3.63) is 24.2 Å². The van der Waals surface area contributed by atoms with Crippen molar-refractivity contribution in [3.8, 4) is 0 Å². The lowest BCUT2D eigenvalue weighted by Crippen LogP contribution is -2.42. The van der Waals surface area contributed by atoms with E-state index in [-0.39, 0.29) is 12.1 Å². The van der Waals surface area contributed by atoms with E-state index in [1.54, 1.807) is 6.26 Å². The Bertz CT molecular complexity index is 465. The molecule has 22 heavy (non-hydrogen) atoms. The highest BCUT2D eigenvalue weighted by molar-refractivity contribution is 5.67. The molecule has 5 nitrogen and oxygen atoms in total. The predicted molar refractivity (Wildman–Crippen MR) is 85.7 cm³/mol. The summed E-state index contributed by atoms with van der Waals surface area (Å²) in [6.07, 6.45) is 3.67. The molecule has 2 atom stereocenters. The van der Waals surface area contributed by atoms with Gasteiger partial charge in [0.05, 0.1) is 12.3 Å². The highest BCUT2D eigenvalue weighted by Gasteiger charge is 2.26. The van der Waals surface area contributed by atoms with Crippen LogP contribution in [0.1, 0.15) is 52.3 Å². The van der Waals surface area contributed by atoms with Gasteiger partial charge in [-0.25, -0.2) is 4.79 Å². The number of rotatable bonds is 4. The lowest BCUT2D eigenvalue weighted by Gasteiger charge is -2.36. The molecule has 0 aromatic carbocycles. The van der Waals surface area contributed by atoms with Crippen LogP contribution in [0.2, 0.25) is 0 Å². The number of ether oxygens (including phenoxy) is 1. The largest absolute Gasteiger partial charge is 0.468 e. The van der Waals surface area contributed by atoms with Gasteiger partial charge in [0.1, 0.15) is 11.4 Å². The Balaban J connectivity index is 1.80. The van der Waals surface area contributed by atoms with Crippen LogP contribution < -0.4 is 5.32 Å². The van der Waals surface area contributed by atoms with Crippen molar-refractivity contribution in [1.82, 2.24) is 10.2 Å². The highest BCUT2D eigenvalue weighted by atomic mass is 16.6. The molecule has 0 aliphatic carbocycles. The first kappa shape index (κ1) is 16.9. The van der Waals surface area contributed by atoms with E-state index in [1.165, 1.54) is 0 Å². The smallest absolute Gasteiger partial charge is 0.407 e. The summed E-state index contributed by atoms with van der Waals surface area (Å²) in [5.74, 6) is 1.46. The quantitative estimate of drug-likeness (QED) is 0.923. The molecule has 1 aromatic heterocycles. The first-order valence-electron chi connectivity index (χ1n) is 8.09. The third-order valence-electron chi connectivity index (χ3n) is 3.99. The van der Waals surface area contributed by atoms with Crippen molar-refractivity contribution < 1.29 is 13.9 Å². The minimum absolute atomic E-state index is 0.277. The van der Waals surface area contributed by atoms with Crippen LogP contribution >= 0.6 is 0 Å². The molecule has 0 saturated carbocycles. The summed E-state index contributed by atoms with van der Waals surface area (Å²) in [5.41, 5.74) is -0.448. The topological polar surface area (TPSA) is 54.7 Å². The number of piperidine rings is 1. The molecule has 2 heterocycles. The Hall–Kier alpha value is -1.49. The minimum atomic E-state index is -0.448. The normalized spacial score (nSPS) is 21.4. The number of hydrogen-bond donors (Lipinski definition) is 1. The third-order valence-corrected chi connectivity index (χ3v) is 3.99. The van der Waals surface area contributed by atoms with Gasteiger partial charge in [0.25, 0.3) is 0 Å². The Labute approximate surface area is 133 Å². The van der Waals surface area contributed by atoms with Crippen LogP contribution in [0.15, 0.2) is 22.8 Å². The van der Waals surface area contributed by atoms with Crippen LogP contribution in [0.3, 0.4) is 0 Å². The van der Waals surface area contributed by atoms with Crippen LogP contribution in [0, 0.1) is 5.92 Å². The summed E-state index contributed by atoms with van der Waals surface area (Å²) in [5, 5.41) is 2.89. The fourth-order valence-electron chi connectivity index (χ4n) is 2.87. The van der Waals surface area contributed by atoms with E-state index >= 15 is 0 Å². The summed E-state index contributed by atoms with van der Waals surface area (Å²) in [7, 11) is 0. The molecule has 1 aromatic rings. The molecule has 1 aliphatic rings. The maximum Gasteiger partial charge on any atom is 0.407 e. The monoisotopic (exact) mass is 308 g/mol. The second-order valence-corrected chi connectivity index (χ2v) is 7.08. The van der Waals surface area contributed by atoms with E-state index in [9.17, 15) is 4.79 Å². The molecule has 0 radical (unpaired) electrons. The van der Waals surface area contributed by atoms with Crippen molar-refractivity contribution in [2.45, 2.75) is 52.2 Å². The van der Waals surface area contributed by atoms with Crippen LogP contribution in [0.5, 0.6) is 0 Å². The molecule has 1 saturated heterocycles. The number of likely N-dealkylation sites (tertiary alicyclic amines) is 1. The van der Waals surface area contributed by atoms with E-state index in [0.717, 1.165) is 31.7 Å². The van der Waals surface area contributed by atoms with Crippen molar-refractivity contribution in [2.75, 3.05) is 19.6 Å².